The van der Waals surface area contributed by atoms with Gasteiger partial charge in [0.25, 0.3) is 5.91 Å². The summed E-state index contributed by atoms with van der Waals surface area (Å²) in [6.45, 7) is 3.60. The molecule has 0 saturated carbocycles. The molecule has 2 aromatic rings. The minimum Gasteiger partial charge on any atom is -0.368 e. The molecular weight excluding hydrogens is 328 g/mol. The van der Waals surface area contributed by atoms with Crippen LogP contribution in [0.15, 0.2) is 24.5 Å². The van der Waals surface area contributed by atoms with E-state index in [0.29, 0.717) is 24.7 Å². The molecule has 0 bridgehead atoms. The Morgan fingerprint density at radius 3 is 2.79 bits per heavy atom. The molecule has 1 aromatic carbocycles. The highest BCUT2D eigenvalue weighted by Gasteiger charge is 2.30. The number of hydrogen-bond acceptors (Lipinski definition) is 5. The lowest BCUT2D eigenvalue weighted by atomic mass is 10.2. The van der Waals surface area contributed by atoms with Gasteiger partial charge in [-0.1, -0.05) is 11.6 Å². The van der Waals surface area contributed by atoms with E-state index in [0.717, 1.165) is 42.7 Å². The van der Waals surface area contributed by atoms with Gasteiger partial charge in [-0.15, -0.1) is 0 Å². The molecule has 1 amide bonds. The second-order valence-electron chi connectivity index (χ2n) is 6.17. The van der Waals surface area contributed by atoms with E-state index in [2.05, 4.69) is 14.9 Å². The van der Waals surface area contributed by atoms with Crippen molar-refractivity contribution in [2.45, 2.75) is 18.9 Å². The van der Waals surface area contributed by atoms with Crippen LogP contribution < -0.4 is 4.90 Å². The van der Waals surface area contributed by atoms with Crippen molar-refractivity contribution in [2.24, 2.45) is 0 Å². The Bertz CT molecular complexity index is 755. The zero-order valence-electron chi connectivity index (χ0n) is 13.3. The van der Waals surface area contributed by atoms with E-state index >= 15 is 0 Å². The number of fused-ring (bicyclic) bond motifs is 1. The molecule has 1 unspecified atom stereocenters. The Labute approximate surface area is 145 Å². The number of carbonyl (C=O) groups is 1. The van der Waals surface area contributed by atoms with Crippen LogP contribution in [0.25, 0.3) is 10.9 Å². The lowest BCUT2D eigenvalue weighted by Crippen LogP contribution is -2.51. The molecule has 0 N–H and O–H groups in total. The van der Waals surface area contributed by atoms with E-state index in [9.17, 15) is 4.79 Å². The second-order valence-corrected chi connectivity index (χ2v) is 6.61. The van der Waals surface area contributed by atoms with Crippen LogP contribution in [0.1, 0.15) is 12.8 Å². The number of rotatable bonds is 2. The van der Waals surface area contributed by atoms with Crippen molar-refractivity contribution in [1.29, 1.82) is 0 Å². The molecule has 7 heteroatoms. The number of benzene rings is 1. The third-order valence-corrected chi connectivity index (χ3v) is 4.91. The van der Waals surface area contributed by atoms with E-state index in [-0.39, 0.29) is 12.0 Å². The quantitative estimate of drug-likeness (QED) is 0.833. The van der Waals surface area contributed by atoms with Gasteiger partial charge < -0.3 is 14.5 Å². The molecule has 2 fully saturated rings. The van der Waals surface area contributed by atoms with Gasteiger partial charge in [0.15, 0.2) is 0 Å². The maximum atomic E-state index is 12.4. The van der Waals surface area contributed by atoms with E-state index in [1.807, 2.05) is 23.1 Å². The summed E-state index contributed by atoms with van der Waals surface area (Å²) in [5.41, 5.74) is 0.838. The average molecular weight is 347 g/mol. The largest absolute Gasteiger partial charge is 0.368 e. The minimum atomic E-state index is -0.237. The number of hydrogen-bond donors (Lipinski definition) is 0. The van der Waals surface area contributed by atoms with E-state index in [4.69, 9.17) is 16.3 Å². The van der Waals surface area contributed by atoms with Crippen LogP contribution in [-0.4, -0.2) is 59.7 Å². The van der Waals surface area contributed by atoms with Crippen LogP contribution in [0.2, 0.25) is 5.02 Å². The number of aromatic nitrogens is 2. The summed E-state index contributed by atoms with van der Waals surface area (Å²) in [4.78, 5) is 25.3. The van der Waals surface area contributed by atoms with Crippen molar-refractivity contribution in [3.8, 4) is 0 Å². The molecule has 6 nitrogen and oxygen atoms in total. The van der Waals surface area contributed by atoms with Crippen molar-refractivity contribution >= 4 is 34.2 Å². The summed E-state index contributed by atoms with van der Waals surface area (Å²) < 4.78 is 5.51. The number of nitrogens with zero attached hydrogens (tertiary/aromatic N) is 4. The Morgan fingerprint density at radius 1 is 1.21 bits per heavy atom. The molecule has 1 atom stereocenters. The van der Waals surface area contributed by atoms with E-state index in [1.54, 1.807) is 6.33 Å². The summed E-state index contributed by atoms with van der Waals surface area (Å²) in [5.74, 6) is 1.03. The fraction of sp³-hybridized carbons (Fsp3) is 0.471. The van der Waals surface area contributed by atoms with Gasteiger partial charge in [-0.3, -0.25) is 4.79 Å². The van der Waals surface area contributed by atoms with Gasteiger partial charge in [0, 0.05) is 43.2 Å². The van der Waals surface area contributed by atoms with Crippen molar-refractivity contribution in [2.75, 3.05) is 37.7 Å². The Morgan fingerprint density at radius 2 is 2.04 bits per heavy atom. The number of ether oxygens (including phenoxy) is 1. The smallest absolute Gasteiger partial charge is 0.251 e. The van der Waals surface area contributed by atoms with Crippen LogP contribution in [0, 0.1) is 0 Å². The van der Waals surface area contributed by atoms with Crippen molar-refractivity contribution in [3.63, 3.8) is 0 Å². The van der Waals surface area contributed by atoms with Crippen molar-refractivity contribution in [1.82, 2.24) is 14.9 Å². The molecule has 2 aliphatic heterocycles. The number of carbonyl (C=O) groups excluding carboxylic acids is 1. The fourth-order valence-corrected chi connectivity index (χ4v) is 3.55. The zero-order chi connectivity index (χ0) is 16.5. The van der Waals surface area contributed by atoms with Crippen LogP contribution in [0.3, 0.4) is 0 Å². The third kappa shape index (κ3) is 2.91. The first-order chi connectivity index (χ1) is 11.7. The molecule has 2 aliphatic rings. The topological polar surface area (TPSA) is 58.6 Å². The predicted octanol–water partition coefficient (Wildman–Crippen LogP) is 2.11. The first-order valence-electron chi connectivity index (χ1n) is 8.28. The molecule has 126 valence electrons. The highest BCUT2D eigenvalue weighted by molar-refractivity contribution is 6.31. The van der Waals surface area contributed by atoms with E-state index in [1.165, 1.54) is 0 Å². The van der Waals surface area contributed by atoms with Gasteiger partial charge in [0.2, 0.25) is 0 Å². The molecule has 0 radical (unpaired) electrons. The summed E-state index contributed by atoms with van der Waals surface area (Å²) in [6.07, 6.45) is 3.15. The minimum absolute atomic E-state index is 0.131. The number of anilines is 1. The molecule has 2 saturated heterocycles. The lowest BCUT2D eigenvalue weighted by molar-refractivity contribution is -0.141. The second kappa shape index (κ2) is 6.53. The maximum absolute atomic E-state index is 12.4. The van der Waals surface area contributed by atoms with Gasteiger partial charge in [-0.2, -0.15) is 0 Å². The third-order valence-electron chi connectivity index (χ3n) is 4.67. The predicted molar refractivity (Wildman–Crippen MR) is 92.3 cm³/mol. The van der Waals surface area contributed by atoms with Crippen LogP contribution in [0.5, 0.6) is 0 Å². The molecular formula is C17H19ClN4O2. The SMILES string of the molecule is O=C(C1CCCO1)N1CCN(c2ncnc3cc(Cl)ccc23)CC1. The van der Waals surface area contributed by atoms with Crippen LogP contribution in [-0.2, 0) is 9.53 Å². The standard InChI is InChI=1S/C17H19ClN4O2/c18-12-3-4-13-14(10-12)19-11-20-16(13)21-5-7-22(8-6-21)17(23)15-2-1-9-24-15/h3-4,10-11,15H,1-2,5-9H2. The number of amides is 1. The van der Waals surface area contributed by atoms with Gasteiger partial charge in [0.1, 0.15) is 18.2 Å². The number of piperazine rings is 1. The maximum Gasteiger partial charge on any atom is 0.251 e. The molecule has 0 spiro atoms. The molecule has 4 rings (SSSR count). The lowest BCUT2D eigenvalue weighted by Gasteiger charge is -2.36. The fourth-order valence-electron chi connectivity index (χ4n) is 3.38. The van der Waals surface area contributed by atoms with Gasteiger partial charge >= 0.3 is 0 Å². The van der Waals surface area contributed by atoms with Gasteiger partial charge in [-0.05, 0) is 31.0 Å². The molecule has 24 heavy (non-hydrogen) atoms. The highest BCUT2D eigenvalue weighted by atomic mass is 35.5. The van der Waals surface area contributed by atoms with Crippen molar-refractivity contribution in [3.05, 3.63) is 29.5 Å². The summed E-state index contributed by atoms with van der Waals surface area (Å²) in [6, 6.07) is 5.66. The molecule has 1 aromatic heterocycles. The van der Waals surface area contributed by atoms with Gasteiger partial charge in [-0.25, -0.2) is 9.97 Å². The van der Waals surface area contributed by atoms with Gasteiger partial charge in [0.05, 0.1) is 5.52 Å². The zero-order valence-corrected chi connectivity index (χ0v) is 14.1. The first kappa shape index (κ1) is 15.6. The normalized spacial score (nSPS) is 21.5. The summed E-state index contributed by atoms with van der Waals surface area (Å²) in [7, 11) is 0. The summed E-state index contributed by atoms with van der Waals surface area (Å²) >= 11 is 6.04. The molecule has 3 heterocycles. The van der Waals surface area contributed by atoms with Crippen LogP contribution >= 0.6 is 11.6 Å². The Hall–Kier alpha value is -1.92. The average Bonchev–Trinajstić information content (AvgIpc) is 3.15. The van der Waals surface area contributed by atoms with Crippen LogP contribution in [0.4, 0.5) is 5.82 Å². The summed E-state index contributed by atoms with van der Waals surface area (Å²) in [5, 5.41) is 1.65. The Balaban J connectivity index is 1.49. The van der Waals surface area contributed by atoms with E-state index < -0.39 is 0 Å². The Kier molecular flexibility index (Phi) is 4.24. The number of halogens is 1. The monoisotopic (exact) mass is 346 g/mol. The van der Waals surface area contributed by atoms with Crippen molar-refractivity contribution < 1.29 is 9.53 Å². The first-order valence-corrected chi connectivity index (χ1v) is 8.66. The highest BCUT2D eigenvalue weighted by Crippen LogP contribution is 2.26. The molecule has 0 aliphatic carbocycles.